The molecule has 0 spiro atoms. The lowest BCUT2D eigenvalue weighted by Gasteiger charge is -2.16. The van der Waals surface area contributed by atoms with Gasteiger partial charge >= 0.3 is 0 Å². The number of aliphatic hydroxyl groups is 1. The Hall–Kier alpha value is -3.64. The smallest absolute Gasteiger partial charge is 0.196 e. The molecule has 3 heterocycles. The van der Waals surface area contributed by atoms with Crippen molar-refractivity contribution in [2.24, 2.45) is 0 Å². The summed E-state index contributed by atoms with van der Waals surface area (Å²) in [4.78, 5) is 5.40. The molecule has 1 aliphatic carbocycles. The first-order chi connectivity index (χ1) is 17.6. The molecule has 1 aliphatic rings. The molecule has 1 N–H and O–H groups in total. The van der Waals surface area contributed by atoms with Crippen LogP contribution in [0, 0.1) is 11.6 Å². The van der Waals surface area contributed by atoms with Crippen LogP contribution >= 0.6 is 11.8 Å². The van der Waals surface area contributed by atoms with E-state index >= 15 is 0 Å². The van der Waals surface area contributed by atoms with Crippen molar-refractivity contribution in [1.82, 2.24) is 34.7 Å². The fourth-order valence-corrected chi connectivity index (χ4v) is 4.98. The maximum absolute atomic E-state index is 14.9. The van der Waals surface area contributed by atoms with Gasteiger partial charge in [0.25, 0.3) is 0 Å². The monoisotopic (exact) mass is 511 g/mol. The van der Waals surface area contributed by atoms with Crippen LogP contribution in [0.25, 0.3) is 16.9 Å². The highest BCUT2D eigenvalue weighted by molar-refractivity contribution is 7.99. The number of halogens is 2. The molecule has 5 rings (SSSR count). The molecule has 186 valence electrons. The van der Waals surface area contributed by atoms with Gasteiger partial charge in [0, 0.05) is 23.1 Å². The van der Waals surface area contributed by atoms with Crippen molar-refractivity contribution in [2.75, 3.05) is 6.61 Å². The Kier molecular flexibility index (Phi) is 7.33. The molecule has 9 nitrogen and oxygen atoms in total. The average Bonchev–Trinajstić information content (AvgIpc) is 3.53. The van der Waals surface area contributed by atoms with Crippen molar-refractivity contribution in [3.63, 3.8) is 0 Å². The molecular formula is C24H23F2N7O2S. The van der Waals surface area contributed by atoms with Gasteiger partial charge in [-0.2, -0.15) is 15.0 Å². The van der Waals surface area contributed by atoms with Crippen LogP contribution in [0.3, 0.4) is 0 Å². The third-order valence-electron chi connectivity index (χ3n) is 5.56. The van der Waals surface area contributed by atoms with Gasteiger partial charge in [-0.3, -0.25) is 9.55 Å². The topological polar surface area (TPSA) is 104 Å². The molecule has 36 heavy (non-hydrogen) atoms. The van der Waals surface area contributed by atoms with E-state index in [1.54, 1.807) is 30.2 Å². The number of ether oxygens (including phenoxy) is 1. The number of nitrogens with zero attached hydrogens (tertiary/aromatic N) is 7. The number of rotatable bonds is 9. The van der Waals surface area contributed by atoms with E-state index in [9.17, 15) is 8.78 Å². The molecule has 0 radical (unpaired) electrons. The first-order valence-corrected chi connectivity index (χ1v) is 12.3. The molecule has 1 aromatic carbocycles. The Bertz CT molecular complexity index is 1360. The van der Waals surface area contributed by atoms with E-state index in [0.29, 0.717) is 11.0 Å². The highest BCUT2D eigenvalue weighted by Crippen LogP contribution is 2.32. The molecule has 1 unspecified atom stereocenters. The third kappa shape index (κ3) is 5.29. The fraction of sp³-hybridized carbons (Fsp3) is 0.292. The average molecular weight is 512 g/mol. The minimum atomic E-state index is -0.752. The van der Waals surface area contributed by atoms with Gasteiger partial charge in [-0.25, -0.2) is 8.78 Å². The maximum atomic E-state index is 14.9. The lowest BCUT2D eigenvalue weighted by Crippen LogP contribution is -2.09. The minimum absolute atomic E-state index is 0.0539. The Balaban J connectivity index is 1.38. The summed E-state index contributed by atoms with van der Waals surface area (Å²) in [5.41, 5.74) is 0.847. The van der Waals surface area contributed by atoms with Gasteiger partial charge < -0.3 is 9.84 Å². The predicted molar refractivity (Wildman–Crippen MR) is 129 cm³/mol. The first-order valence-electron chi connectivity index (χ1n) is 11.4. The number of pyridine rings is 1. The van der Waals surface area contributed by atoms with E-state index in [1.807, 2.05) is 10.6 Å². The summed E-state index contributed by atoms with van der Waals surface area (Å²) in [7, 11) is 0. The van der Waals surface area contributed by atoms with Gasteiger partial charge in [0.2, 0.25) is 0 Å². The van der Waals surface area contributed by atoms with Gasteiger partial charge in [-0.1, -0.05) is 23.9 Å². The molecule has 0 amide bonds. The highest BCUT2D eigenvalue weighted by atomic mass is 32.2. The molecule has 0 bridgehead atoms. The van der Waals surface area contributed by atoms with E-state index in [-0.39, 0.29) is 42.0 Å². The van der Waals surface area contributed by atoms with E-state index in [1.165, 1.54) is 11.0 Å². The van der Waals surface area contributed by atoms with E-state index < -0.39 is 11.6 Å². The molecule has 0 saturated carbocycles. The quantitative estimate of drug-likeness (QED) is 0.337. The molecule has 4 aromatic rings. The van der Waals surface area contributed by atoms with E-state index in [0.717, 1.165) is 37.1 Å². The first kappa shape index (κ1) is 24.1. The lowest BCUT2D eigenvalue weighted by atomic mass is 10.1. The fourth-order valence-electron chi connectivity index (χ4n) is 3.83. The number of thioether (sulfide) groups is 1. The van der Waals surface area contributed by atoms with Gasteiger partial charge in [-0.05, 0) is 37.5 Å². The van der Waals surface area contributed by atoms with Crippen molar-refractivity contribution in [1.29, 1.82) is 0 Å². The van der Waals surface area contributed by atoms with Gasteiger partial charge in [-0.15, -0.1) is 10.2 Å². The van der Waals surface area contributed by atoms with Crippen LogP contribution in [0.4, 0.5) is 8.78 Å². The highest BCUT2D eigenvalue weighted by Gasteiger charge is 2.21. The Morgan fingerprint density at radius 1 is 1.17 bits per heavy atom. The second-order valence-corrected chi connectivity index (χ2v) is 9.27. The van der Waals surface area contributed by atoms with E-state index in [4.69, 9.17) is 9.84 Å². The number of benzene rings is 1. The van der Waals surface area contributed by atoms with Gasteiger partial charge in [0.15, 0.2) is 22.5 Å². The van der Waals surface area contributed by atoms with Crippen molar-refractivity contribution in [3.05, 3.63) is 72.5 Å². The van der Waals surface area contributed by atoms with E-state index in [2.05, 4.69) is 37.5 Å². The number of hydrogen-bond acceptors (Lipinski definition) is 8. The van der Waals surface area contributed by atoms with Crippen LogP contribution in [0.5, 0.6) is 5.75 Å². The largest absolute Gasteiger partial charge is 0.482 e. The summed E-state index contributed by atoms with van der Waals surface area (Å²) in [6.07, 6.45) is 12.2. The number of hydrogen-bond donors (Lipinski definition) is 1. The maximum Gasteiger partial charge on any atom is 0.196 e. The molecule has 0 aliphatic heterocycles. The Morgan fingerprint density at radius 2 is 2.08 bits per heavy atom. The lowest BCUT2D eigenvalue weighted by molar-refractivity contribution is 0.260. The number of aromatic nitrogens is 7. The molecule has 0 fully saturated rings. The predicted octanol–water partition coefficient (Wildman–Crippen LogP) is 3.97. The SMILES string of the molecule is OCCn1ncc(-c2cc(F)c(OCc3nnc(SC4C=CCCC4)n3-c3cccnc3)cc2F)n1. The second kappa shape index (κ2) is 11.0. The summed E-state index contributed by atoms with van der Waals surface area (Å²) < 4.78 is 37.2. The summed E-state index contributed by atoms with van der Waals surface area (Å²) in [5.74, 6) is -1.29. The van der Waals surface area contributed by atoms with Gasteiger partial charge in [0.05, 0.1) is 31.2 Å². The van der Waals surface area contributed by atoms with Crippen LogP contribution in [0.1, 0.15) is 25.1 Å². The molecule has 1 atom stereocenters. The summed E-state index contributed by atoms with van der Waals surface area (Å²) in [5, 5.41) is 26.5. The zero-order chi connectivity index (χ0) is 24.9. The van der Waals surface area contributed by atoms with Crippen molar-refractivity contribution < 1.29 is 18.6 Å². The van der Waals surface area contributed by atoms with Crippen LogP contribution < -0.4 is 4.74 Å². The van der Waals surface area contributed by atoms with Crippen molar-refractivity contribution in [2.45, 2.75) is 42.8 Å². The standard InChI is InChI=1S/C24H23F2N7O2S/c25-19-12-22(20(26)11-18(19)21-14-28-32(31-21)9-10-34)35-15-23-29-30-24(36-17-6-2-1-3-7-17)33(23)16-5-4-8-27-13-16/h2,4-6,8,11-14,17,34H,1,3,7,9-10,15H2. The summed E-state index contributed by atoms with van der Waals surface area (Å²) in [6.45, 7) is -0.148. The second-order valence-electron chi connectivity index (χ2n) is 8.06. The Morgan fingerprint density at radius 3 is 2.86 bits per heavy atom. The molecule has 3 aromatic heterocycles. The van der Waals surface area contributed by atoms with Crippen LogP contribution in [-0.2, 0) is 13.2 Å². The van der Waals surface area contributed by atoms with Crippen molar-refractivity contribution >= 4 is 11.8 Å². The minimum Gasteiger partial charge on any atom is -0.482 e. The Labute approximate surface area is 209 Å². The number of allylic oxidation sites excluding steroid dienone is 1. The van der Waals surface area contributed by atoms with Crippen molar-refractivity contribution in [3.8, 4) is 22.7 Å². The third-order valence-corrected chi connectivity index (χ3v) is 6.73. The van der Waals surface area contributed by atoms with Crippen LogP contribution in [0.15, 0.2) is 60.2 Å². The summed E-state index contributed by atoms with van der Waals surface area (Å²) >= 11 is 1.59. The normalized spacial score (nSPS) is 15.4. The molecular weight excluding hydrogens is 488 g/mol. The van der Waals surface area contributed by atoms with Crippen LogP contribution in [0.2, 0.25) is 0 Å². The zero-order valence-corrected chi connectivity index (χ0v) is 20.0. The zero-order valence-electron chi connectivity index (χ0n) is 19.2. The summed E-state index contributed by atoms with van der Waals surface area (Å²) in [6, 6.07) is 5.67. The molecule has 12 heteroatoms. The number of aliphatic hydroxyl groups excluding tert-OH is 1. The molecule has 0 saturated heterocycles. The van der Waals surface area contributed by atoms with Crippen LogP contribution in [-0.4, -0.2) is 51.7 Å². The van der Waals surface area contributed by atoms with Gasteiger partial charge in [0.1, 0.15) is 18.1 Å².